The first kappa shape index (κ1) is 27.5. The molecule has 0 unspecified atom stereocenters. The van der Waals surface area contributed by atoms with E-state index in [0.717, 1.165) is 0 Å². The molecule has 0 heterocycles. The molecule has 0 aliphatic heterocycles. The standard InChI is InChI=1S/C21H25NO5.C7H8O/c1-13-14(20(26)16-9-6-5-8-15(16)19(13)25)10-7-11-17(23)22-12-18(24)27-21(2,3)4;1-6-2-4-7(8)5-3-6/h5-6,8-9H,7,10-12H2,1-4H3,(H,22,23);2-5,8H,1H3. The van der Waals surface area contributed by atoms with Gasteiger partial charge >= 0.3 is 5.97 Å². The first-order chi connectivity index (χ1) is 16.4. The highest BCUT2D eigenvalue weighted by Gasteiger charge is 2.29. The number of benzene rings is 2. The molecule has 0 saturated heterocycles. The molecule has 2 aromatic rings. The van der Waals surface area contributed by atoms with Crippen LogP contribution in [0.1, 0.15) is 73.2 Å². The van der Waals surface area contributed by atoms with E-state index < -0.39 is 11.6 Å². The molecule has 0 fully saturated rings. The van der Waals surface area contributed by atoms with Crippen LogP contribution in [0.2, 0.25) is 0 Å². The molecule has 186 valence electrons. The maximum atomic E-state index is 12.6. The average Bonchev–Trinajstić information content (AvgIpc) is 2.80. The number of amides is 1. The zero-order valence-corrected chi connectivity index (χ0v) is 20.9. The van der Waals surface area contributed by atoms with Crippen molar-refractivity contribution in [1.29, 1.82) is 0 Å². The molecule has 0 saturated carbocycles. The van der Waals surface area contributed by atoms with E-state index in [-0.39, 0.29) is 30.4 Å². The second-order valence-electron chi connectivity index (χ2n) is 9.36. The molecule has 2 N–H and O–H groups in total. The van der Waals surface area contributed by atoms with Crippen LogP contribution in [0.25, 0.3) is 0 Å². The van der Waals surface area contributed by atoms with E-state index in [9.17, 15) is 19.2 Å². The number of phenols is 1. The molecular formula is C28H33NO6. The fourth-order valence-corrected chi connectivity index (χ4v) is 3.46. The van der Waals surface area contributed by atoms with Gasteiger partial charge in [0.2, 0.25) is 5.91 Å². The number of ether oxygens (including phenoxy) is 1. The molecule has 0 radical (unpaired) electrons. The van der Waals surface area contributed by atoms with Crippen molar-refractivity contribution in [1.82, 2.24) is 5.32 Å². The summed E-state index contributed by atoms with van der Waals surface area (Å²) in [5.41, 5.74) is 2.31. The Hall–Kier alpha value is -3.74. The molecule has 0 bridgehead atoms. The van der Waals surface area contributed by atoms with Gasteiger partial charge in [0.15, 0.2) is 11.6 Å². The van der Waals surface area contributed by atoms with Crippen molar-refractivity contribution in [2.45, 2.75) is 59.5 Å². The lowest BCUT2D eigenvalue weighted by atomic mass is 9.83. The highest BCUT2D eigenvalue weighted by atomic mass is 16.6. The Labute approximate surface area is 206 Å². The van der Waals surface area contributed by atoms with E-state index in [1.165, 1.54) is 5.56 Å². The topological polar surface area (TPSA) is 110 Å². The van der Waals surface area contributed by atoms with Crippen LogP contribution < -0.4 is 5.32 Å². The van der Waals surface area contributed by atoms with E-state index in [1.807, 2.05) is 19.1 Å². The Kier molecular flexibility index (Phi) is 9.51. The molecule has 1 aliphatic rings. The summed E-state index contributed by atoms with van der Waals surface area (Å²) in [7, 11) is 0. The predicted octanol–water partition coefficient (Wildman–Crippen LogP) is 4.71. The van der Waals surface area contributed by atoms with Gasteiger partial charge in [0.25, 0.3) is 0 Å². The summed E-state index contributed by atoms with van der Waals surface area (Å²) in [4.78, 5) is 48.5. The number of Topliss-reactive ketones (excluding diaryl/α,β-unsaturated/α-hetero) is 2. The summed E-state index contributed by atoms with van der Waals surface area (Å²) in [6.45, 7) is 8.70. The van der Waals surface area contributed by atoms with E-state index in [0.29, 0.717) is 40.9 Å². The van der Waals surface area contributed by atoms with Crippen molar-refractivity contribution in [3.8, 4) is 5.75 Å². The lowest BCUT2D eigenvalue weighted by molar-refractivity contribution is -0.154. The van der Waals surface area contributed by atoms with Crippen molar-refractivity contribution < 1.29 is 29.0 Å². The Balaban J connectivity index is 0.000000456. The van der Waals surface area contributed by atoms with Crippen LogP contribution in [-0.2, 0) is 14.3 Å². The van der Waals surface area contributed by atoms with E-state index in [2.05, 4.69) is 5.32 Å². The molecule has 7 nitrogen and oxygen atoms in total. The van der Waals surface area contributed by atoms with Crippen molar-refractivity contribution >= 4 is 23.4 Å². The number of aryl methyl sites for hydroxylation is 1. The summed E-state index contributed by atoms with van der Waals surface area (Å²) < 4.78 is 5.12. The molecule has 2 aromatic carbocycles. The highest BCUT2D eigenvalue weighted by Crippen LogP contribution is 2.28. The van der Waals surface area contributed by atoms with Gasteiger partial charge in [0, 0.05) is 28.7 Å². The minimum Gasteiger partial charge on any atom is -0.508 e. The molecule has 35 heavy (non-hydrogen) atoms. The molecule has 1 aliphatic carbocycles. The lowest BCUT2D eigenvalue weighted by Crippen LogP contribution is -2.34. The number of carbonyl (C=O) groups is 4. The van der Waals surface area contributed by atoms with Crippen molar-refractivity contribution in [3.63, 3.8) is 0 Å². The number of nitrogens with one attached hydrogen (secondary N) is 1. The van der Waals surface area contributed by atoms with Crippen LogP contribution in [0.5, 0.6) is 5.75 Å². The molecule has 7 heteroatoms. The fraction of sp³-hybridized carbons (Fsp3) is 0.357. The van der Waals surface area contributed by atoms with Crippen molar-refractivity contribution in [3.05, 3.63) is 76.4 Å². The number of fused-ring (bicyclic) bond motifs is 1. The van der Waals surface area contributed by atoms with Gasteiger partial charge in [-0.15, -0.1) is 0 Å². The van der Waals surface area contributed by atoms with Crippen LogP contribution in [-0.4, -0.2) is 40.7 Å². The quantitative estimate of drug-likeness (QED) is 0.581. The summed E-state index contributed by atoms with van der Waals surface area (Å²) >= 11 is 0. The SMILES string of the molecule is CC1=C(CCCC(=O)NCC(=O)OC(C)(C)C)C(=O)c2ccccc2C1=O.Cc1ccc(O)cc1. The van der Waals surface area contributed by atoms with Crippen LogP contribution in [0.4, 0.5) is 0 Å². The molecule has 0 atom stereocenters. The summed E-state index contributed by atoms with van der Waals surface area (Å²) in [6, 6.07) is 13.9. The van der Waals surface area contributed by atoms with Gasteiger partial charge in [0.05, 0.1) is 0 Å². The monoisotopic (exact) mass is 479 g/mol. The largest absolute Gasteiger partial charge is 0.508 e. The maximum Gasteiger partial charge on any atom is 0.325 e. The Bertz CT molecular complexity index is 1100. The van der Waals surface area contributed by atoms with Crippen LogP contribution >= 0.6 is 0 Å². The molecule has 0 aromatic heterocycles. The van der Waals surface area contributed by atoms with Gasteiger partial charge in [-0.3, -0.25) is 19.2 Å². The Morgan fingerprint density at radius 3 is 2.03 bits per heavy atom. The first-order valence-corrected chi connectivity index (χ1v) is 11.5. The van der Waals surface area contributed by atoms with Crippen LogP contribution in [0, 0.1) is 6.92 Å². The average molecular weight is 480 g/mol. The van der Waals surface area contributed by atoms with Gasteiger partial charge < -0.3 is 15.2 Å². The number of hydrogen-bond donors (Lipinski definition) is 2. The highest BCUT2D eigenvalue weighted by molar-refractivity contribution is 6.26. The second kappa shape index (κ2) is 12.1. The van der Waals surface area contributed by atoms with E-state index in [4.69, 9.17) is 9.84 Å². The Morgan fingerprint density at radius 1 is 0.914 bits per heavy atom. The second-order valence-corrected chi connectivity index (χ2v) is 9.36. The van der Waals surface area contributed by atoms with Crippen molar-refractivity contribution in [2.75, 3.05) is 6.54 Å². The zero-order valence-electron chi connectivity index (χ0n) is 20.9. The third kappa shape index (κ3) is 8.52. The van der Waals surface area contributed by atoms with Gasteiger partial charge in [-0.1, -0.05) is 42.0 Å². The van der Waals surface area contributed by atoms with Crippen LogP contribution in [0.3, 0.4) is 0 Å². The van der Waals surface area contributed by atoms with Gasteiger partial charge in [-0.2, -0.15) is 0 Å². The molecular weight excluding hydrogens is 446 g/mol. The number of esters is 1. The number of aromatic hydroxyl groups is 1. The van der Waals surface area contributed by atoms with Gasteiger partial charge in [-0.05, 0) is 59.6 Å². The third-order valence-corrected chi connectivity index (χ3v) is 5.20. The maximum absolute atomic E-state index is 12.6. The molecule has 3 rings (SSSR count). The molecule has 0 spiro atoms. The minimum absolute atomic E-state index is 0.144. The number of hydrogen-bond acceptors (Lipinski definition) is 6. The number of rotatable bonds is 6. The fourth-order valence-electron chi connectivity index (χ4n) is 3.46. The Morgan fingerprint density at radius 2 is 1.49 bits per heavy atom. The number of carbonyl (C=O) groups excluding carboxylic acids is 4. The summed E-state index contributed by atoms with van der Waals surface area (Å²) in [5, 5.41) is 11.3. The van der Waals surface area contributed by atoms with Crippen molar-refractivity contribution in [2.24, 2.45) is 0 Å². The normalized spacial score (nSPS) is 12.9. The minimum atomic E-state index is -0.601. The van der Waals surface area contributed by atoms with Crippen LogP contribution in [0.15, 0.2) is 59.7 Å². The number of ketones is 2. The van der Waals surface area contributed by atoms with Gasteiger partial charge in [-0.25, -0.2) is 0 Å². The predicted molar refractivity (Wildman–Crippen MR) is 133 cm³/mol. The zero-order chi connectivity index (χ0) is 26.2. The third-order valence-electron chi connectivity index (χ3n) is 5.20. The number of allylic oxidation sites excluding steroid dienone is 2. The first-order valence-electron chi connectivity index (χ1n) is 11.5. The van der Waals surface area contributed by atoms with E-state index >= 15 is 0 Å². The molecule has 1 amide bonds. The smallest absolute Gasteiger partial charge is 0.325 e. The summed E-state index contributed by atoms with van der Waals surface area (Å²) in [6.07, 6.45) is 0.904. The summed E-state index contributed by atoms with van der Waals surface area (Å²) in [5.74, 6) is -0.768. The number of phenolic OH excluding ortho intramolecular Hbond substituents is 1. The lowest BCUT2D eigenvalue weighted by Gasteiger charge is -2.19. The van der Waals surface area contributed by atoms with Gasteiger partial charge in [0.1, 0.15) is 17.9 Å². The van der Waals surface area contributed by atoms with E-state index in [1.54, 1.807) is 64.1 Å².